The van der Waals surface area contributed by atoms with Crippen molar-refractivity contribution in [1.29, 1.82) is 0 Å². The molecule has 2 fully saturated rings. The summed E-state index contributed by atoms with van der Waals surface area (Å²) in [5.41, 5.74) is 0.940. The van der Waals surface area contributed by atoms with E-state index in [1.807, 2.05) is 0 Å². The molecule has 2 amide bonds. The van der Waals surface area contributed by atoms with E-state index in [0.717, 1.165) is 12.1 Å². The van der Waals surface area contributed by atoms with E-state index in [0.29, 0.717) is 17.5 Å². The predicted octanol–water partition coefficient (Wildman–Crippen LogP) is 3.12. The number of hydrogen-bond donors (Lipinski definition) is 3. The normalized spacial score (nSPS) is 17.5. The number of hydrogen-bond acceptors (Lipinski definition) is 5. The summed E-state index contributed by atoms with van der Waals surface area (Å²) in [4.78, 5) is 23.0. The fourth-order valence-electron chi connectivity index (χ4n) is 3.35. The number of nitrogens with zero attached hydrogens (tertiary/aromatic N) is 2. The maximum absolute atomic E-state index is 11.5. The number of rotatable bonds is 6. The maximum Gasteiger partial charge on any atom is 0.233 e. The first-order chi connectivity index (χ1) is 13.4. The molecule has 152 valence electrons. The summed E-state index contributed by atoms with van der Waals surface area (Å²) in [6.45, 7) is 3.94. The number of nitrogens with one attached hydrogen (secondary N) is 3. The van der Waals surface area contributed by atoms with E-state index in [1.54, 1.807) is 25.3 Å². The van der Waals surface area contributed by atoms with Crippen LogP contribution in [0.5, 0.6) is 0 Å². The lowest BCUT2D eigenvalue weighted by atomic mass is 10.0. The second kappa shape index (κ2) is 9.03. The number of carbonyl (C=O) groups is 2. The van der Waals surface area contributed by atoms with Crippen LogP contribution in [0.4, 0.5) is 5.82 Å². The van der Waals surface area contributed by atoms with Crippen molar-refractivity contribution in [1.82, 2.24) is 20.7 Å². The molecule has 2 aliphatic rings. The van der Waals surface area contributed by atoms with Gasteiger partial charge in [0.2, 0.25) is 11.8 Å². The Bertz CT molecular complexity index is 774. The van der Waals surface area contributed by atoms with Gasteiger partial charge < -0.3 is 15.2 Å². The molecule has 2 aromatic heterocycles. The molecule has 0 spiro atoms. The molecule has 2 heterocycles. The fraction of sp³-hybridized carbons (Fsp3) is 0.600. The molecule has 0 radical (unpaired) electrons. The van der Waals surface area contributed by atoms with Gasteiger partial charge in [-0.15, -0.1) is 0 Å². The fourth-order valence-corrected chi connectivity index (χ4v) is 3.35. The van der Waals surface area contributed by atoms with Crippen LogP contribution in [-0.2, 0) is 16.0 Å². The lowest BCUT2D eigenvalue weighted by molar-refractivity contribution is -0.122. The first-order valence-electron chi connectivity index (χ1n) is 9.94. The monoisotopic (exact) mass is 387 g/mol. The van der Waals surface area contributed by atoms with Gasteiger partial charge in [0.1, 0.15) is 11.6 Å². The van der Waals surface area contributed by atoms with Gasteiger partial charge in [-0.2, -0.15) is 5.10 Å². The highest BCUT2D eigenvalue weighted by Gasteiger charge is 2.38. The van der Waals surface area contributed by atoms with Gasteiger partial charge in [0, 0.05) is 24.1 Å². The van der Waals surface area contributed by atoms with Crippen LogP contribution in [0, 0.1) is 12.8 Å². The quantitative estimate of drug-likeness (QED) is 0.705. The first kappa shape index (κ1) is 20.1. The molecule has 8 nitrogen and oxygen atoms in total. The topological polar surface area (TPSA) is 113 Å². The number of aromatic amines is 1. The summed E-state index contributed by atoms with van der Waals surface area (Å²) < 4.78 is 4.92. The second-order valence-electron chi connectivity index (χ2n) is 8.09. The third-order valence-electron chi connectivity index (χ3n) is 5.18. The molecule has 0 aromatic carbocycles. The van der Waals surface area contributed by atoms with E-state index in [9.17, 15) is 9.59 Å². The minimum atomic E-state index is -0.171. The van der Waals surface area contributed by atoms with Crippen LogP contribution >= 0.6 is 0 Å². The summed E-state index contributed by atoms with van der Waals surface area (Å²) in [5, 5.41) is 15.8. The summed E-state index contributed by atoms with van der Waals surface area (Å²) >= 11 is 0. The molecular formula is C20H29N5O3. The third-order valence-corrected chi connectivity index (χ3v) is 5.18. The summed E-state index contributed by atoms with van der Waals surface area (Å²) in [6.07, 6.45) is 10.0. The van der Waals surface area contributed by atoms with Crippen molar-refractivity contribution in [2.45, 2.75) is 70.8 Å². The Morgan fingerprint density at radius 3 is 2.61 bits per heavy atom. The van der Waals surface area contributed by atoms with Gasteiger partial charge in [0.05, 0.1) is 18.3 Å². The zero-order valence-electron chi connectivity index (χ0n) is 16.6. The molecule has 0 saturated heterocycles. The molecule has 8 heteroatoms. The summed E-state index contributed by atoms with van der Waals surface area (Å²) in [5.74, 6) is 1.91. The lowest BCUT2D eigenvalue weighted by Crippen LogP contribution is -2.34. The van der Waals surface area contributed by atoms with Crippen molar-refractivity contribution in [3.05, 3.63) is 29.8 Å². The second-order valence-corrected chi connectivity index (χ2v) is 8.09. The average Bonchev–Trinajstić information content (AvgIpc) is 3.12. The molecule has 0 aliphatic heterocycles. The van der Waals surface area contributed by atoms with Crippen molar-refractivity contribution in [2.24, 2.45) is 5.92 Å². The highest BCUT2D eigenvalue weighted by molar-refractivity contribution is 5.90. The number of carbonyl (C=O) groups excluding carboxylic acids is 2. The Morgan fingerprint density at radius 2 is 2.04 bits per heavy atom. The molecule has 0 atom stereocenters. The molecule has 2 saturated carbocycles. The van der Waals surface area contributed by atoms with Crippen LogP contribution in [0.15, 0.2) is 22.9 Å². The van der Waals surface area contributed by atoms with E-state index in [-0.39, 0.29) is 23.8 Å². The van der Waals surface area contributed by atoms with Gasteiger partial charge in [-0.3, -0.25) is 14.7 Å². The molecule has 4 rings (SSSR count). The number of H-pyrrole nitrogens is 1. The first-order valence-corrected chi connectivity index (χ1v) is 9.94. The van der Waals surface area contributed by atoms with E-state index >= 15 is 0 Å². The van der Waals surface area contributed by atoms with Crippen molar-refractivity contribution in [2.75, 3.05) is 5.32 Å². The average molecular weight is 387 g/mol. The molecule has 0 unspecified atom stereocenters. The zero-order valence-corrected chi connectivity index (χ0v) is 16.6. The van der Waals surface area contributed by atoms with Gasteiger partial charge in [-0.25, -0.2) is 0 Å². The Balaban J connectivity index is 0.000000162. The minimum absolute atomic E-state index is 0.167. The number of aromatic nitrogens is 3. The number of amides is 2. The lowest BCUT2D eigenvalue weighted by Gasteiger charge is -2.13. The molecule has 0 bridgehead atoms. The van der Waals surface area contributed by atoms with Crippen molar-refractivity contribution < 1.29 is 14.1 Å². The van der Waals surface area contributed by atoms with Crippen molar-refractivity contribution in [3.8, 4) is 0 Å². The summed E-state index contributed by atoms with van der Waals surface area (Å²) in [6, 6.07) is 3.40. The Kier molecular flexibility index (Phi) is 6.49. The number of anilines is 1. The number of aryl methyl sites for hydroxylation is 1. The van der Waals surface area contributed by atoms with Gasteiger partial charge >= 0.3 is 0 Å². The van der Waals surface area contributed by atoms with Crippen molar-refractivity contribution >= 4 is 17.6 Å². The molecule has 2 aromatic rings. The van der Waals surface area contributed by atoms with Crippen LogP contribution in [0.1, 0.15) is 63.3 Å². The van der Waals surface area contributed by atoms with Crippen LogP contribution in [0.2, 0.25) is 0 Å². The predicted molar refractivity (Wildman–Crippen MR) is 105 cm³/mol. The van der Waals surface area contributed by atoms with Gasteiger partial charge in [-0.1, -0.05) is 18.0 Å². The van der Waals surface area contributed by atoms with Crippen molar-refractivity contribution in [3.63, 3.8) is 0 Å². The zero-order chi connectivity index (χ0) is 20.0. The molecule has 28 heavy (non-hydrogen) atoms. The molecule has 3 N–H and O–H groups in total. The van der Waals surface area contributed by atoms with Gasteiger partial charge in [0.25, 0.3) is 0 Å². The van der Waals surface area contributed by atoms with Gasteiger partial charge in [-0.05, 0) is 45.4 Å². The van der Waals surface area contributed by atoms with E-state index in [4.69, 9.17) is 4.52 Å². The SMILES string of the molecule is CC1(NC(=O)CC2CCCC2)CC1.Cc1cc(CC(=O)Nc2ccn[nH]2)on1. The minimum Gasteiger partial charge on any atom is -0.361 e. The standard InChI is InChI=1S/C11H19NO.C9H10N4O2/c1-11(6-7-11)12-10(13)8-9-4-2-3-5-9;1-6-4-7(15-13-6)5-9(14)11-8-2-3-10-12-8/h9H,2-8H2,1H3,(H,12,13);2-4H,5H2,1H3,(H2,10,11,12,14). The third kappa shape index (κ3) is 6.51. The van der Waals surface area contributed by atoms with Crippen LogP contribution in [0.25, 0.3) is 0 Å². The van der Waals surface area contributed by atoms with E-state index in [2.05, 4.69) is 32.9 Å². The Morgan fingerprint density at radius 1 is 1.29 bits per heavy atom. The maximum atomic E-state index is 11.5. The van der Waals surface area contributed by atoms with Crippen LogP contribution in [-0.4, -0.2) is 32.7 Å². The van der Waals surface area contributed by atoms with E-state index in [1.165, 1.54) is 38.5 Å². The highest BCUT2D eigenvalue weighted by Crippen LogP contribution is 2.35. The molecule has 2 aliphatic carbocycles. The van der Waals surface area contributed by atoms with Gasteiger partial charge in [0.15, 0.2) is 0 Å². The largest absolute Gasteiger partial charge is 0.361 e. The Labute approximate surface area is 164 Å². The summed E-state index contributed by atoms with van der Waals surface area (Å²) in [7, 11) is 0. The Hall–Kier alpha value is -2.64. The smallest absolute Gasteiger partial charge is 0.233 e. The van der Waals surface area contributed by atoms with Crippen LogP contribution < -0.4 is 10.6 Å². The highest BCUT2D eigenvalue weighted by atomic mass is 16.5. The van der Waals surface area contributed by atoms with E-state index < -0.39 is 0 Å². The van der Waals surface area contributed by atoms with Crippen LogP contribution in [0.3, 0.4) is 0 Å². The molecular weight excluding hydrogens is 358 g/mol.